The molecule has 1 aliphatic rings. The van der Waals surface area contributed by atoms with E-state index in [-0.39, 0.29) is 24.2 Å². The molecule has 0 aliphatic heterocycles. The number of hydrogen-bond donors (Lipinski definition) is 3. The van der Waals surface area contributed by atoms with Crippen molar-refractivity contribution in [1.29, 1.82) is 0 Å². The molecule has 2 unspecified atom stereocenters. The second-order valence-electron chi connectivity index (χ2n) is 9.67. The highest BCUT2D eigenvalue weighted by molar-refractivity contribution is 7.10. The third-order valence-corrected chi connectivity index (χ3v) is 8.12. The van der Waals surface area contributed by atoms with Crippen LogP contribution in [0.15, 0.2) is 72.2 Å². The van der Waals surface area contributed by atoms with Crippen LogP contribution in [0.5, 0.6) is 5.75 Å². The fraction of sp³-hybridized carbons (Fsp3) is 0.333. The van der Waals surface area contributed by atoms with Crippen molar-refractivity contribution < 1.29 is 14.3 Å². The summed E-state index contributed by atoms with van der Waals surface area (Å²) in [6, 6.07) is 18.3. The Labute approximate surface area is 221 Å². The standard InChI is InChI=1S/C30H33N3O3S/c1-36-23-15-13-20(14-16-23)28(30(35)32-22-8-3-2-4-9-22)33-29(27-12-7-17-37-27)26(34)18-21-19-31-25-11-6-5-10-24(21)25/h5-7,10-17,19,22,28-29,31,33H,2-4,8-9,18H2,1H3,(H,32,35). The van der Waals surface area contributed by atoms with Crippen molar-refractivity contribution in [3.8, 4) is 5.75 Å². The lowest BCUT2D eigenvalue weighted by Crippen LogP contribution is -2.45. The summed E-state index contributed by atoms with van der Waals surface area (Å²) >= 11 is 1.52. The number of benzene rings is 2. The fourth-order valence-electron chi connectivity index (χ4n) is 5.17. The minimum atomic E-state index is -0.674. The van der Waals surface area contributed by atoms with Crippen LogP contribution in [0.25, 0.3) is 10.9 Å². The average molecular weight is 516 g/mol. The predicted octanol–water partition coefficient (Wildman–Crippen LogP) is 5.87. The maximum Gasteiger partial charge on any atom is 0.241 e. The van der Waals surface area contributed by atoms with E-state index >= 15 is 0 Å². The molecule has 2 aromatic heterocycles. The number of Topliss-reactive ketones (excluding diaryl/α,β-unsaturated/α-hetero) is 1. The molecule has 0 saturated heterocycles. The molecule has 1 aliphatic carbocycles. The summed E-state index contributed by atoms with van der Waals surface area (Å²) in [5.41, 5.74) is 2.76. The van der Waals surface area contributed by atoms with E-state index in [2.05, 4.69) is 15.6 Å². The SMILES string of the molecule is COc1ccc(C(NC(C(=O)Cc2c[nH]c3ccccc23)c2cccs2)C(=O)NC2CCCCC2)cc1. The van der Waals surface area contributed by atoms with Crippen molar-refractivity contribution in [2.24, 2.45) is 0 Å². The first-order valence-corrected chi connectivity index (χ1v) is 13.8. The Balaban J connectivity index is 1.43. The Hall–Kier alpha value is -3.42. The van der Waals surface area contributed by atoms with Gasteiger partial charge in [0.1, 0.15) is 17.8 Å². The highest BCUT2D eigenvalue weighted by Gasteiger charge is 2.31. The number of para-hydroxylation sites is 1. The summed E-state index contributed by atoms with van der Waals surface area (Å²) in [4.78, 5) is 31.6. The topological polar surface area (TPSA) is 83.2 Å². The number of methoxy groups -OCH3 is 1. The number of ketones is 1. The van der Waals surface area contributed by atoms with Gasteiger partial charge in [-0.2, -0.15) is 0 Å². The molecule has 0 spiro atoms. The molecule has 2 atom stereocenters. The van der Waals surface area contributed by atoms with E-state index in [0.29, 0.717) is 0 Å². The molecule has 1 amide bonds. The first-order chi connectivity index (χ1) is 18.1. The van der Waals surface area contributed by atoms with Crippen molar-refractivity contribution in [3.05, 3.63) is 88.2 Å². The summed E-state index contributed by atoms with van der Waals surface area (Å²) < 4.78 is 5.33. The Morgan fingerprint density at radius 3 is 2.51 bits per heavy atom. The first-order valence-electron chi connectivity index (χ1n) is 12.9. The van der Waals surface area contributed by atoms with Crippen molar-refractivity contribution in [3.63, 3.8) is 0 Å². The van der Waals surface area contributed by atoms with Crippen molar-refractivity contribution in [2.45, 2.75) is 56.7 Å². The second-order valence-corrected chi connectivity index (χ2v) is 10.6. The molecule has 192 valence electrons. The smallest absolute Gasteiger partial charge is 0.241 e. The summed E-state index contributed by atoms with van der Waals surface area (Å²) in [6.07, 6.45) is 7.64. The number of fused-ring (bicyclic) bond motifs is 1. The zero-order chi connectivity index (χ0) is 25.6. The Bertz CT molecular complexity index is 1320. The lowest BCUT2D eigenvalue weighted by atomic mass is 9.94. The molecule has 0 radical (unpaired) electrons. The summed E-state index contributed by atoms with van der Waals surface area (Å²) in [6.45, 7) is 0. The van der Waals surface area contributed by atoms with Crippen LogP contribution in [0.4, 0.5) is 0 Å². The van der Waals surface area contributed by atoms with E-state index in [4.69, 9.17) is 4.74 Å². The molecule has 2 aromatic carbocycles. The van der Waals surface area contributed by atoms with Crippen LogP contribution in [-0.2, 0) is 16.0 Å². The number of aromatic nitrogens is 1. The quantitative estimate of drug-likeness (QED) is 0.247. The van der Waals surface area contributed by atoms with Gasteiger partial charge in [-0.25, -0.2) is 0 Å². The fourth-order valence-corrected chi connectivity index (χ4v) is 5.98. The number of carbonyl (C=O) groups is 2. The lowest BCUT2D eigenvalue weighted by Gasteiger charge is -2.28. The van der Waals surface area contributed by atoms with Gasteiger partial charge in [-0.15, -0.1) is 11.3 Å². The molecule has 2 heterocycles. The van der Waals surface area contributed by atoms with Crippen LogP contribution in [-0.4, -0.2) is 29.8 Å². The van der Waals surface area contributed by atoms with E-state index in [9.17, 15) is 9.59 Å². The average Bonchev–Trinajstić information content (AvgIpc) is 3.61. The molecular weight excluding hydrogens is 482 g/mol. The van der Waals surface area contributed by atoms with E-state index < -0.39 is 12.1 Å². The van der Waals surface area contributed by atoms with Crippen molar-refractivity contribution >= 4 is 33.9 Å². The number of ether oxygens (including phenoxy) is 1. The van der Waals surface area contributed by atoms with Crippen LogP contribution < -0.4 is 15.4 Å². The van der Waals surface area contributed by atoms with Gasteiger partial charge >= 0.3 is 0 Å². The Morgan fingerprint density at radius 2 is 1.78 bits per heavy atom. The van der Waals surface area contributed by atoms with E-state index in [1.807, 2.05) is 72.2 Å². The molecule has 1 saturated carbocycles. The zero-order valence-electron chi connectivity index (χ0n) is 21.0. The number of thiophene rings is 1. The molecule has 4 aromatic rings. The summed E-state index contributed by atoms with van der Waals surface area (Å²) in [5, 5.41) is 9.73. The minimum absolute atomic E-state index is 0.0242. The van der Waals surface area contributed by atoms with Gasteiger partial charge in [0.25, 0.3) is 0 Å². The van der Waals surface area contributed by atoms with Crippen LogP contribution >= 0.6 is 11.3 Å². The Morgan fingerprint density at radius 1 is 1.00 bits per heavy atom. The van der Waals surface area contributed by atoms with Gasteiger partial charge in [0, 0.05) is 34.4 Å². The number of carbonyl (C=O) groups excluding carboxylic acids is 2. The highest BCUT2D eigenvalue weighted by atomic mass is 32.1. The molecule has 3 N–H and O–H groups in total. The predicted molar refractivity (Wildman–Crippen MR) is 148 cm³/mol. The molecule has 6 nitrogen and oxygen atoms in total. The summed E-state index contributed by atoms with van der Waals surface area (Å²) in [5.74, 6) is 0.648. The maximum atomic E-state index is 13.8. The molecule has 0 bridgehead atoms. The number of aromatic amines is 1. The molecule has 7 heteroatoms. The van der Waals surface area contributed by atoms with Crippen molar-refractivity contribution in [1.82, 2.24) is 15.6 Å². The van der Waals surface area contributed by atoms with Gasteiger partial charge in [-0.1, -0.05) is 55.7 Å². The largest absolute Gasteiger partial charge is 0.497 e. The third kappa shape index (κ3) is 5.95. The number of rotatable bonds is 10. The molecule has 37 heavy (non-hydrogen) atoms. The third-order valence-electron chi connectivity index (χ3n) is 7.19. The van der Waals surface area contributed by atoms with Gasteiger partial charge in [-0.3, -0.25) is 14.9 Å². The van der Waals surface area contributed by atoms with Crippen LogP contribution in [0.3, 0.4) is 0 Å². The summed E-state index contributed by atoms with van der Waals surface area (Å²) in [7, 11) is 1.62. The van der Waals surface area contributed by atoms with Gasteiger partial charge in [0.15, 0.2) is 5.78 Å². The molecule has 1 fully saturated rings. The number of hydrogen-bond acceptors (Lipinski definition) is 5. The zero-order valence-corrected chi connectivity index (χ0v) is 21.9. The monoisotopic (exact) mass is 515 g/mol. The first kappa shape index (κ1) is 25.2. The van der Waals surface area contributed by atoms with Gasteiger partial charge in [0.05, 0.1) is 7.11 Å². The van der Waals surface area contributed by atoms with E-state index in [1.165, 1.54) is 17.8 Å². The Kier molecular flexibility index (Phi) is 8.02. The van der Waals surface area contributed by atoms with E-state index in [1.54, 1.807) is 7.11 Å². The van der Waals surface area contributed by atoms with Crippen molar-refractivity contribution in [2.75, 3.05) is 7.11 Å². The number of nitrogens with one attached hydrogen (secondary N) is 3. The number of amides is 1. The van der Waals surface area contributed by atoms with Crippen LogP contribution in [0.2, 0.25) is 0 Å². The molecule has 5 rings (SSSR count). The van der Waals surface area contributed by atoms with Gasteiger partial charge < -0.3 is 15.0 Å². The highest BCUT2D eigenvalue weighted by Crippen LogP contribution is 2.29. The van der Waals surface area contributed by atoms with Gasteiger partial charge in [0.2, 0.25) is 5.91 Å². The van der Waals surface area contributed by atoms with Crippen LogP contribution in [0, 0.1) is 0 Å². The normalized spacial score (nSPS) is 15.8. The number of H-pyrrole nitrogens is 1. The minimum Gasteiger partial charge on any atom is -0.497 e. The second kappa shape index (κ2) is 11.8. The van der Waals surface area contributed by atoms with E-state index in [0.717, 1.165) is 58.3 Å². The molecular formula is C30H33N3O3S. The lowest BCUT2D eigenvalue weighted by molar-refractivity contribution is -0.125. The maximum absolute atomic E-state index is 13.8. The van der Waals surface area contributed by atoms with Gasteiger partial charge in [-0.05, 0) is 53.6 Å². The van der Waals surface area contributed by atoms with Crippen LogP contribution in [0.1, 0.15) is 60.2 Å².